The first-order valence-corrected chi connectivity index (χ1v) is 8.74. The number of carbonyl (C=O) groups is 1. The molecule has 2 heterocycles. The predicted molar refractivity (Wildman–Crippen MR) is 98.3 cm³/mol. The van der Waals surface area contributed by atoms with Gasteiger partial charge in [0.2, 0.25) is 5.91 Å². The van der Waals surface area contributed by atoms with E-state index >= 15 is 0 Å². The average Bonchev–Trinajstić information content (AvgIpc) is 3.01. The number of fused-ring (bicyclic) bond motifs is 1. The maximum Gasteiger partial charge on any atom is 0.261 e. The molecule has 0 aliphatic rings. The number of nitrogens with one attached hydrogen (secondary N) is 1. The van der Waals surface area contributed by atoms with Crippen LogP contribution < -0.4 is 10.9 Å². The van der Waals surface area contributed by atoms with Gasteiger partial charge in [-0.1, -0.05) is 15.9 Å². The van der Waals surface area contributed by atoms with E-state index < -0.39 is 0 Å². The van der Waals surface area contributed by atoms with E-state index in [4.69, 9.17) is 4.42 Å². The van der Waals surface area contributed by atoms with Crippen molar-refractivity contribution in [1.29, 1.82) is 0 Å². The summed E-state index contributed by atoms with van der Waals surface area (Å²) in [6.07, 6.45) is 1.66. The number of hydrogen-bond acceptors (Lipinski definition) is 4. The van der Waals surface area contributed by atoms with Crippen LogP contribution in [0.15, 0.2) is 50.3 Å². The molecule has 130 valence electrons. The molecule has 25 heavy (non-hydrogen) atoms. The normalized spacial score (nSPS) is 12.3. The molecule has 6 nitrogen and oxygen atoms in total. The second-order valence-electron chi connectivity index (χ2n) is 5.89. The molecule has 0 aliphatic heterocycles. The molecule has 0 aliphatic carbocycles. The highest BCUT2D eigenvalue weighted by atomic mass is 79.9. The largest absolute Gasteiger partial charge is 0.464 e. The number of furan rings is 1. The number of aryl methyl sites for hydroxylation is 2. The van der Waals surface area contributed by atoms with Gasteiger partial charge in [-0.05, 0) is 44.2 Å². The first kappa shape index (κ1) is 17.4. The van der Waals surface area contributed by atoms with Gasteiger partial charge < -0.3 is 9.73 Å². The fourth-order valence-corrected chi connectivity index (χ4v) is 2.94. The summed E-state index contributed by atoms with van der Waals surface area (Å²) in [5.74, 6) is 1.36. The van der Waals surface area contributed by atoms with Gasteiger partial charge >= 0.3 is 0 Å². The van der Waals surface area contributed by atoms with E-state index in [1.165, 1.54) is 10.9 Å². The van der Waals surface area contributed by atoms with Crippen molar-refractivity contribution < 1.29 is 9.21 Å². The summed E-state index contributed by atoms with van der Waals surface area (Å²) in [7, 11) is 0. The van der Waals surface area contributed by atoms with Crippen molar-refractivity contribution in [3.05, 3.63) is 63.0 Å². The van der Waals surface area contributed by atoms with Gasteiger partial charge in [0.25, 0.3) is 5.56 Å². The first-order chi connectivity index (χ1) is 11.9. The minimum absolute atomic E-state index is 0.150. The molecule has 0 radical (unpaired) electrons. The Morgan fingerprint density at radius 2 is 2.16 bits per heavy atom. The molecule has 3 aromatic rings. The summed E-state index contributed by atoms with van der Waals surface area (Å²) in [6, 6.07) is 8.84. The number of hydrogen-bond donors (Lipinski definition) is 1. The maximum absolute atomic E-state index is 12.5. The lowest BCUT2D eigenvalue weighted by atomic mass is 10.2. The Morgan fingerprint density at radius 1 is 1.36 bits per heavy atom. The van der Waals surface area contributed by atoms with Crippen LogP contribution in [0.1, 0.15) is 30.9 Å². The van der Waals surface area contributed by atoms with E-state index in [9.17, 15) is 9.59 Å². The van der Waals surface area contributed by atoms with Gasteiger partial charge in [0.1, 0.15) is 11.5 Å². The van der Waals surface area contributed by atoms with E-state index in [2.05, 4.69) is 26.2 Å². The lowest BCUT2D eigenvalue weighted by molar-refractivity contribution is -0.122. The summed E-state index contributed by atoms with van der Waals surface area (Å²) in [6.45, 7) is 3.98. The third-order valence-electron chi connectivity index (χ3n) is 3.93. The Balaban J connectivity index is 1.67. The molecule has 2 aromatic heterocycles. The van der Waals surface area contributed by atoms with E-state index in [0.29, 0.717) is 16.7 Å². The molecular formula is C18H18BrN3O3. The highest BCUT2D eigenvalue weighted by Crippen LogP contribution is 2.16. The van der Waals surface area contributed by atoms with Gasteiger partial charge in [0, 0.05) is 17.4 Å². The molecule has 1 unspecified atom stereocenters. The zero-order chi connectivity index (χ0) is 18.0. The second kappa shape index (κ2) is 7.23. The molecular weight excluding hydrogens is 386 g/mol. The molecule has 0 saturated heterocycles. The van der Waals surface area contributed by atoms with Crippen LogP contribution in [0.3, 0.4) is 0 Å². The lowest BCUT2D eigenvalue weighted by Gasteiger charge is -2.12. The molecule has 7 heteroatoms. The fraction of sp³-hybridized carbons (Fsp3) is 0.278. The Morgan fingerprint density at radius 3 is 2.88 bits per heavy atom. The van der Waals surface area contributed by atoms with Crippen LogP contribution in [0.2, 0.25) is 0 Å². The molecule has 1 amide bonds. The molecule has 3 rings (SSSR count). The van der Waals surface area contributed by atoms with E-state index in [-0.39, 0.29) is 30.5 Å². The van der Waals surface area contributed by atoms with Gasteiger partial charge in [-0.3, -0.25) is 14.2 Å². The van der Waals surface area contributed by atoms with E-state index in [0.717, 1.165) is 10.2 Å². The third-order valence-corrected chi connectivity index (χ3v) is 4.42. The van der Waals surface area contributed by atoms with Crippen molar-refractivity contribution in [1.82, 2.24) is 14.9 Å². The molecule has 1 N–H and O–H groups in total. The quantitative estimate of drug-likeness (QED) is 0.708. The van der Waals surface area contributed by atoms with Gasteiger partial charge in [-0.15, -0.1) is 0 Å². The molecule has 0 bridgehead atoms. The molecule has 0 saturated carbocycles. The predicted octanol–water partition coefficient (Wildman–Crippen LogP) is 3.33. The SMILES string of the molecule is Cc1ccc(C(C)NC(=O)CCn2cnc3ccc(Br)cc3c2=O)o1. The Hall–Kier alpha value is -2.41. The van der Waals surface area contributed by atoms with Gasteiger partial charge in [-0.25, -0.2) is 4.98 Å². The van der Waals surface area contributed by atoms with Crippen LogP contribution >= 0.6 is 15.9 Å². The zero-order valence-corrected chi connectivity index (χ0v) is 15.5. The zero-order valence-electron chi connectivity index (χ0n) is 14.0. The number of nitrogens with zero attached hydrogens (tertiary/aromatic N) is 2. The van der Waals surface area contributed by atoms with Crippen LogP contribution in [0.5, 0.6) is 0 Å². The maximum atomic E-state index is 12.5. The van der Waals surface area contributed by atoms with Crippen molar-refractivity contribution in [2.75, 3.05) is 0 Å². The van der Waals surface area contributed by atoms with Crippen molar-refractivity contribution in [3.63, 3.8) is 0 Å². The van der Waals surface area contributed by atoms with Crippen LogP contribution in [0, 0.1) is 6.92 Å². The molecule has 1 atom stereocenters. The number of aromatic nitrogens is 2. The Labute approximate surface area is 153 Å². The monoisotopic (exact) mass is 403 g/mol. The minimum atomic E-state index is -0.219. The highest BCUT2D eigenvalue weighted by molar-refractivity contribution is 9.10. The summed E-state index contributed by atoms with van der Waals surface area (Å²) in [5.41, 5.74) is 0.476. The van der Waals surface area contributed by atoms with Crippen LogP contribution in [0.25, 0.3) is 10.9 Å². The fourth-order valence-electron chi connectivity index (χ4n) is 2.58. The molecule has 0 spiro atoms. The number of rotatable bonds is 5. The van der Waals surface area contributed by atoms with Crippen LogP contribution in [-0.2, 0) is 11.3 Å². The van der Waals surface area contributed by atoms with Crippen molar-refractivity contribution in [2.24, 2.45) is 0 Å². The minimum Gasteiger partial charge on any atom is -0.464 e. The van der Waals surface area contributed by atoms with E-state index in [1.54, 1.807) is 12.1 Å². The summed E-state index contributed by atoms with van der Waals surface area (Å²) >= 11 is 3.36. The van der Waals surface area contributed by atoms with Gasteiger partial charge in [-0.2, -0.15) is 0 Å². The Kier molecular flexibility index (Phi) is 5.03. The van der Waals surface area contributed by atoms with Gasteiger partial charge in [0.05, 0.1) is 23.3 Å². The number of halogens is 1. The number of carbonyl (C=O) groups excluding carboxylic acids is 1. The van der Waals surface area contributed by atoms with Gasteiger partial charge in [0.15, 0.2) is 0 Å². The molecule has 0 fully saturated rings. The average molecular weight is 404 g/mol. The van der Waals surface area contributed by atoms with Crippen molar-refractivity contribution in [3.8, 4) is 0 Å². The van der Waals surface area contributed by atoms with E-state index in [1.807, 2.05) is 32.0 Å². The summed E-state index contributed by atoms with van der Waals surface area (Å²) < 4.78 is 7.77. The van der Waals surface area contributed by atoms with Crippen molar-refractivity contribution >= 4 is 32.7 Å². The Bertz CT molecular complexity index is 977. The highest BCUT2D eigenvalue weighted by Gasteiger charge is 2.13. The summed E-state index contributed by atoms with van der Waals surface area (Å²) in [4.78, 5) is 28.9. The number of amides is 1. The third kappa shape index (κ3) is 3.99. The smallest absolute Gasteiger partial charge is 0.261 e. The number of benzene rings is 1. The van der Waals surface area contributed by atoms with Crippen molar-refractivity contribution in [2.45, 2.75) is 32.9 Å². The standard InChI is InChI=1S/C18H18BrN3O3/c1-11-3-6-16(25-11)12(2)21-17(23)7-8-22-10-20-15-5-4-13(19)9-14(15)18(22)24/h3-6,9-10,12H,7-8H2,1-2H3,(H,21,23). The second-order valence-corrected chi connectivity index (χ2v) is 6.81. The summed E-state index contributed by atoms with van der Waals surface area (Å²) in [5, 5.41) is 3.39. The van der Waals surface area contributed by atoms with Crippen LogP contribution in [0.4, 0.5) is 0 Å². The first-order valence-electron chi connectivity index (χ1n) is 7.94. The molecule has 1 aromatic carbocycles. The topological polar surface area (TPSA) is 77.1 Å². The lowest BCUT2D eigenvalue weighted by Crippen LogP contribution is -2.29. The van der Waals surface area contributed by atoms with Crippen LogP contribution in [-0.4, -0.2) is 15.5 Å².